The molecule has 0 fully saturated rings. The van der Waals surface area contributed by atoms with Crippen LogP contribution in [0, 0.1) is 6.92 Å². The Labute approximate surface area is 186 Å². The molecule has 0 heterocycles. The van der Waals surface area contributed by atoms with Crippen molar-refractivity contribution in [2.75, 3.05) is 29.1 Å². The maximum Gasteiger partial charge on any atom is 0.261 e. The molecule has 0 aliphatic rings. The molecule has 32 heavy (non-hydrogen) atoms. The molecule has 0 aromatic heterocycles. The molecule has 0 bridgehead atoms. The summed E-state index contributed by atoms with van der Waals surface area (Å²) in [6, 6.07) is 19.2. The smallest absolute Gasteiger partial charge is 0.261 e. The van der Waals surface area contributed by atoms with Gasteiger partial charge in [-0.2, -0.15) is 0 Å². The lowest BCUT2D eigenvalue weighted by molar-refractivity contribution is -0.119. The van der Waals surface area contributed by atoms with Gasteiger partial charge in [0, 0.05) is 29.7 Å². The highest BCUT2D eigenvalue weighted by molar-refractivity contribution is 7.92. The third-order valence-corrected chi connectivity index (χ3v) is 5.81. The zero-order valence-electron chi connectivity index (χ0n) is 17.6. The predicted molar refractivity (Wildman–Crippen MR) is 123 cm³/mol. The molecule has 8 nitrogen and oxygen atoms in total. The van der Waals surface area contributed by atoms with Gasteiger partial charge in [-0.15, -0.1) is 0 Å². The largest absolute Gasteiger partial charge is 0.375 e. The summed E-state index contributed by atoms with van der Waals surface area (Å²) in [7, 11) is -2.36. The number of methoxy groups -OCH3 is 1. The second-order valence-electron chi connectivity index (χ2n) is 7.01. The minimum Gasteiger partial charge on any atom is -0.375 e. The lowest BCUT2D eigenvalue weighted by atomic mass is 10.2. The van der Waals surface area contributed by atoms with Gasteiger partial charge in [-0.25, -0.2) is 8.42 Å². The van der Waals surface area contributed by atoms with Crippen LogP contribution in [0.1, 0.15) is 15.9 Å². The standard InChI is InChI=1S/C23H23N3O5S/c1-16-6-10-18(11-7-16)26-32(29,30)21-12-8-17(9-13-21)23(28)25-20-5-3-4-19(14-20)24-22(27)15-31-2/h3-14,26H,15H2,1-2H3,(H,24,27)(H,25,28). The number of ether oxygens (including phenoxy) is 1. The minimum atomic E-state index is -3.78. The molecule has 0 aliphatic carbocycles. The monoisotopic (exact) mass is 453 g/mol. The fourth-order valence-corrected chi connectivity index (χ4v) is 3.89. The lowest BCUT2D eigenvalue weighted by Crippen LogP contribution is -2.17. The number of amides is 2. The number of anilines is 3. The van der Waals surface area contributed by atoms with Gasteiger partial charge < -0.3 is 15.4 Å². The van der Waals surface area contributed by atoms with Gasteiger partial charge in [0.1, 0.15) is 6.61 Å². The highest BCUT2D eigenvalue weighted by Gasteiger charge is 2.15. The van der Waals surface area contributed by atoms with Crippen LogP contribution in [0.3, 0.4) is 0 Å². The fraction of sp³-hybridized carbons (Fsp3) is 0.130. The number of carbonyl (C=O) groups is 2. The lowest BCUT2D eigenvalue weighted by Gasteiger charge is -2.10. The Morgan fingerprint density at radius 3 is 2.09 bits per heavy atom. The van der Waals surface area contributed by atoms with Crippen molar-refractivity contribution in [3.63, 3.8) is 0 Å². The van der Waals surface area contributed by atoms with Gasteiger partial charge in [0.25, 0.3) is 15.9 Å². The quantitative estimate of drug-likeness (QED) is 0.482. The first-order valence-corrected chi connectivity index (χ1v) is 11.1. The second kappa shape index (κ2) is 10.1. The van der Waals surface area contributed by atoms with Gasteiger partial charge in [-0.05, 0) is 61.5 Å². The average molecular weight is 454 g/mol. The van der Waals surface area contributed by atoms with E-state index >= 15 is 0 Å². The second-order valence-corrected chi connectivity index (χ2v) is 8.69. The summed E-state index contributed by atoms with van der Waals surface area (Å²) in [4.78, 5) is 24.2. The Kier molecular flexibility index (Phi) is 7.24. The van der Waals surface area contributed by atoms with E-state index in [1.165, 1.54) is 31.4 Å². The SMILES string of the molecule is COCC(=O)Nc1cccc(NC(=O)c2ccc(S(=O)(=O)Nc3ccc(C)cc3)cc2)c1. The predicted octanol–water partition coefficient (Wildman–Crippen LogP) is 3.63. The van der Waals surface area contributed by atoms with Crippen LogP contribution >= 0.6 is 0 Å². The van der Waals surface area contributed by atoms with Crippen LogP contribution in [-0.4, -0.2) is 33.9 Å². The minimum absolute atomic E-state index is 0.0393. The van der Waals surface area contributed by atoms with E-state index in [9.17, 15) is 18.0 Å². The summed E-state index contributed by atoms with van der Waals surface area (Å²) in [5, 5.41) is 5.37. The molecule has 0 aliphatic heterocycles. The first-order valence-electron chi connectivity index (χ1n) is 9.66. The molecule has 0 unspecified atom stereocenters. The van der Waals surface area contributed by atoms with E-state index in [1.807, 2.05) is 19.1 Å². The van der Waals surface area contributed by atoms with Crippen molar-refractivity contribution in [3.8, 4) is 0 Å². The molecule has 3 aromatic rings. The Balaban J connectivity index is 1.67. The number of aryl methyl sites for hydroxylation is 1. The third kappa shape index (κ3) is 6.16. The van der Waals surface area contributed by atoms with E-state index in [2.05, 4.69) is 15.4 Å². The summed E-state index contributed by atoms with van der Waals surface area (Å²) in [6.45, 7) is 1.83. The molecular weight excluding hydrogens is 430 g/mol. The van der Waals surface area contributed by atoms with Crippen molar-refractivity contribution in [3.05, 3.63) is 83.9 Å². The number of nitrogens with one attached hydrogen (secondary N) is 3. The van der Waals surface area contributed by atoms with Gasteiger partial charge in [-0.1, -0.05) is 23.8 Å². The first kappa shape index (κ1) is 23.0. The number of carbonyl (C=O) groups excluding carboxylic acids is 2. The fourth-order valence-electron chi connectivity index (χ4n) is 2.83. The molecule has 166 valence electrons. The van der Waals surface area contributed by atoms with Crippen molar-refractivity contribution >= 4 is 38.9 Å². The maximum absolute atomic E-state index is 12.6. The molecule has 9 heteroatoms. The Morgan fingerprint density at radius 2 is 1.47 bits per heavy atom. The number of rotatable bonds is 8. The summed E-state index contributed by atoms with van der Waals surface area (Å²) >= 11 is 0. The van der Waals surface area contributed by atoms with Crippen LogP contribution in [0.2, 0.25) is 0 Å². The van der Waals surface area contributed by atoms with E-state index in [1.54, 1.807) is 36.4 Å². The number of hydrogen-bond acceptors (Lipinski definition) is 5. The molecule has 0 saturated heterocycles. The van der Waals surface area contributed by atoms with E-state index in [0.29, 0.717) is 17.1 Å². The molecule has 3 rings (SSSR count). The van der Waals surface area contributed by atoms with Crippen LogP contribution in [-0.2, 0) is 19.6 Å². The molecule has 0 radical (unpaired) electrons. The van der Waals surface area contributed by atoms with Crippen LogP contribution in [0.5, 0.6) is 0 Å². The molecule has 0 atom stereocenters. The van der Waals surface area contributed by atoms with Crippen molar-refractivity contribution < 1.29 is 22.7 Å². The van der Waals surface area contributed by atoms with Gasteiger partial charge >= 0.3 is 0 Å². The molecule has 2 amide bonds. The molecule has 3 aromatic carbocycles. The Bertz CT molecular complexity index is 1210. The highest BCUT2D eigenvalue weighted by atomic mass is 32.2. The average Bonchev–Trinajstić information content (AvgIpc) is 2.76. The summed E-state index contributed by atoms with van der Waals surface area (Å²) in [5.41, 5.74) is 2.74. The number of sulfonamides is 1. The van der Waals surface area contributed by atoms with Crippen molar-refractivity contribution in [2.45, 2.75) is 11.8 Å². The van der Waals surface area contributed by atoms with Gasteiger partial charge in [0.05, 0.1) is 4.90 Å². The van der Waals surface area contributed by atoms with Crippen LogP contribution in [0.4, 0.5) is 17.1 Å². The molecule has 0 saturated carbocycles. The van der Waals surface area contributed by atoms with Crippen LogP contribution in [0.25, 0.3) is 0 Å². The maximum atomic E-state index is 12.6. The highest BCUT2D eigenvalue weighted by Crippen LogP contribution is 2.19. The van der Waals surface area contributed by atoms with Gasteiger partial charge in [-0.3, -0.25) is 14.3 Å². The summed E-state index contributed by atoms with van der Waals surface area (Å²) < 4.78 is 32.4. The van der Waals surface area contributed by atoms with Crippen molar-refractivity contribution in [1.82, 2.24) is 0 Å². The topological polar surface area (TPSA) is 114 Å². The van der Waals surface area contributed by atoms with E-state index < -0.39 is 15.9 Å². The number of hydrogen-bond donors (Lipinski definition) is 3. The zero-order valence-corrected chi connectivity index (χ0v) is 18.4. The van der Waals surface area contributed by atoms with E-state index in [-0.39, 0.29) is 23.0 Å². The first-order chi connectivity index (χ1) is 15.3. The van der Waals surface area contributed by atoms with Gasteiger partial charge in [0.15, 0.2) is 0 Å². The van der Waals surface area contributed by atoms with Crippen molar-refractivity contribution in [1.29, 1.82) is 0 Å². The zero-order chi connectivity index (χ0) is 23.1. The Hall–Kier alpha value is -3.69. The van der Waals surface area contributed by atoms with E-state index in [4.69, 9.17) is 4.74 Å². The molecule has 3 N–H and O–H groups in total. The molecule has 0 spiro atoms. The third-order valence-electron chi connectivity index (χ3n) is 4.41. The summed E-state index contributed by atoms with van der Waals surface area (Å²) in [5.74, 6) is -0.729. The van der Waals surface area contributed by atoms with Crippen LogP contribution in [0.15, 0.2) is 77.7 Å². The molecular formula is C23H23N3O5S. The van der Waals surface area contributed by atoms with Gasteiger partial charge in [0.2, 0.25) is 5.91 Å². The Morgan fingerprint density at radius 1 is 0.844 bits per heavy atom. The van der Waals surface area contributed by atoms with Crippen LogP contribution < -0.4 is 15.4 Å². The normalized spacial score (nSPS) is 10.9. The number of benzene rings is 3. The van der Waals surface area contributed by atoms with Crippen molar-refractivity contribution in [2.24, 2.45) is 0 Å². The summed E-state index contributed by atoms with van der Waals surface area (Å²) in [6.07, 6.45) is 0. The van der Waals surface area contributed by atoms with E-state index in [0.717, 1.165) is 5.56 Å².